The fourth-order valence-corrected chi connectivity index (χ4v) is 1.40. The highest BCUT2D eigenvalue weighted by Gasteiger charge is 2.01. The normalized spacial score (nSPS) is 11.6. The second kappa shape index (κ2) is 7.40. The van der Waals surface area contributed by atoms with Gasteiger partial charge in [-0.1, -0.05) is 19.1 Å². The molecule has 0 aliphatic carbocycles. The molecule has 5 heteroatoms. The van der Waals surface area contributed by atoms with Gasteiger partial charge in [0.05, 0.1) is 24.9 Å². The average Bonchev–Trinajstić information content (AvgIpc) is 2.65. The van der Waals surface area contributed by atoms with Crippen molar-refractivity contribution >= 4 is 0 Å². The molecule has 0 saturated carbocycles. The Bertz CT molecular complexity index is 281. The molecular weight excluding hydrogens is 216 g/mol. The molecule has 0 aliphatic rings. The van der Waals surface area contributed by atoms with Crippen LogP contribution in [0.15, 0.2) is 6.20 Å². The molecule has 0 aromatic carbocycles. The molecule has 0 spiro atoms. The Morgan fingerprint density at radius 2 is 2.12 bits per heavy atom. The van der Waals surface area contributed by atoms with Gasteiger partial charge in [0, 0.05) is 12.7 Å². The van der Waals surface area contributed by atoms with Crippen molar-refractivity contribution < 1.29 is 4.74 Å². The molecule has 0 atom stereocenters. The van der Waals surface area contributed by atoms with Gasteiger partial charge in [-0.05, 0) is 26.3 Å². The molecule has 0 bridgehead atoms. The molecule has 0 aliphatic heterocycles. The first-order valence-corrected chi connectivity index (χ1v) is 6.29. The summed E-state index contributed by atoms with van der Waals surface area (Å²) in [5.41, 5.74) is 0.982. The average molecular weight is 240 g/mol. The van der Waals surface area contributed by atoms with Crippen LogP contribution in [0.5, 0.6) is 0 Å². The van der Waals surface area contributed by atoms with E-state index in [2.05, 4.69) is 29.5 Å². The molecule has 1 heterocycles. The maximum Gasteiger partial charge on any atom is 0.0964 e. The summed E-state index contributed by atoms with van der Waals surface area (Å²) in [7, 11) is 0. The summed E-state index contributed by atoms with van der Waals surface area (Å²) in [6, 6.07) is 0. The molecule has 0 radical (unpaired) electrons. The predicted octanol–water partition coefficient (Wildman–Crippen LogP) is 1.45. The van der Waals surface area contributed by atoms with Crippen LogP contribution >= 0.6 is 0 Å². The van der Waals surface area contributed by atoms with Gasteiger partial charge in [0.25, 0.3) is 0 Å². The van der Waals surface area contributed by atoms with E-state index in [9.17, 15) is 0 Å². The Kier molecular flexibility index (Phi) is 6.15. The lowest BCUT2D eigenvalue weighted by molar-refractivity contribution is 0.0707. The minimum absolute atomic E-state index is 0.269. The summed E-state index contributed by atoms with van der Waals surface area (Å²) in [6.45, 7) is 11.7. The lowest BCUT2D eigenvalue weighted by atomic mass is 10.2. The number of hydrogen-bond donors (Lipinski definition) is 1. The third-order valence-corrected chi connectivity index (χ3v) is 2.22. The van der Waals surface area contributed by atoms with E-state index >= 15 is 0 Å². The van der Waals surface area contributed by atoms with Gasteiger partial charge >= 0.3 is 0 Å². The molecule has 98 valence electrons. The van der Waals surface area contributed by atoms with E-state index in [1.54, 1.807) is 0 Å². The van der Waals surface area contributed by atoms with Crippen molar-refractivity contribution in [2.24, 2.45) is 5.92 Å². The van der Waals surface area contributed by atoms with Crippen LogP contribution in [0.1, 0.15) is 33.4 Å². The minimum atomic E-state index is 0.269. The fraction of sp³-hybridized carbons (Fsp3) is 0.833. The zero-order chi connectivity index (χ0) is 12.7. The number of ether oxygens (including phenoxy) is 1. The number of nitrogens with zero attached hydrogens (tertiary/aromatic N) is 3. The second-order valence-electron chi connectivity index (χ2n) is 4.92. The second-order valence-corrected chi connectivity index (χ2v) is 4.92. The Balaban J connectivity index is 2.23. The van der Waals surface area contributed by atoms with E-state index < -0.39 is 0 Å². The van der Waals surface area contributed by atoms with E-state index in [0.717, 1.165) is 25.3 Å². The standard InChI is InChI=1S/C12H24N4O/c1-10(2)7-13-8-12-9-16(15-14-12)5-6-17-11(3)4/h9-11,13H,5-8H2,1-4H3. The van der Waals surface area contributed by atoms with Gasteiger partial charge in [-0.3, -0.25) is 0 Å². The van der Waals surface area contributed by atoms with Gasteiger partial charge in [-0.15, -0.1) is 5.10 Å². The Morgan fingerprint density at radius 1 is 1.35 bits per heavy atom. The first-order chi connectivity index (χ1) is 8.08. The van der Waals surface area contributed by atoms with Crippen LogP contribution in [-0.2, 0) is 17.8 Å². The number of rotatable bonds is 8. The SMILES string of the molecule is CC(C)CNCc1cn(CCOC(C)C)nn1. The third-order valence-electron chi connectivity index (χ3n) is 2.22. The summed E-state index contributed by atoms with van der Waals surface area (Å²) < 4.78 is 7.29. The summed E-state index contributed by atoms with van der Waals surface area (Å²) >= 11 is 0. The summed E-state index contributed by atoms with van der Waals surface area (Å²) in [5.74, 6) is 0.657. The topological polar surface area (TPSA) is 52.0 Å². The van der Waals surface area contributed by atoms with Crippen molar-refractivity contribution in [3.05, 3.63) is 11.9 Å². The van der Waals surface area contributed by atoms with Crippen LogP contribution in [0.25, 0.3) is 0 Å². The quantitative estimate of drug-likeness (QED) is 0.747. The Hall–Kier alpha value is -0.940. The van der Waals surface area contributed by atoms with Gasteiger partial charge in [-0.2, -0.15) is 0 Å². The molecule has 1 rings (SSSR count). The molecule has 17 heavy (non-hydrogen) atoms. The van der Waals surface area contributed by atoms with E-state index in [0.29, 0.717) is 12.5 Å². The van der Waals surface area contributed by atoms with E-state index in [1.807, 2.05) is 24.7 Å². The molecule has 1 N–H and O–H groups in total. The number of nitrogens with one attached hydrogen (secondary N) is 1. The lowest BCUT2D eigenvalue weighted by Gasteiger charge is -2.06. The maximum absolute atomic E-state index is 5.46. The van der Waals surface area contributed by atoms with Gasteiger partial charge in [0.2, 0.25) is 0 Å². The van der Waals surface area contributed by atoms with Crippen molar-refractivity contribution in [3.8, 4) is 0 Å². The van der Waals surface area contributed by atoms with Crippen LogP contribution in [0.4, 0.5) is 0 Å². The van der Waals surface area contributed by atoms with Crippen molar-refractivity contribution in [2.45, 2.75) is 46.9 Å². The number of hydrogen-bond acceptors (Lipinski definition) is 4. The Morgan fingerprint density at radius 3 is 2.76 bits per heavy atom. The highest BCUT2D eigenvalue weighted by Crippen LogP contribution is 1.95. The summed E-state index contributed by atoms with van der Waals surface area (Å²) in [4.78, 5) is 0. The van der Waals surface area contributed by atoms with Gasteiger partial charge < -0.3 is 10.1 Å². The van der Waals surface area contributed by atoms with Crippen LogP contribution in [-0.4, -0.2) is 34.2 Å². The molecule has 1 aromatic rings. The smallest absolute Gasteiger partial charge is 0.0964 e. The van der Waals surface area contributed by atoms with Gasteiger partial charge in [0.1, 0.15) is 0 Å². The minimum Gasteiger partial charge on any atom is -0.377 e. The maximum atomic E-state index is 5.46. The monoisotopic (exact) mass is 240 g/mol. The molecule has 0 fully saturated rings. The highest BCUT2D eigenvalue weighted by molar-refractivity contribution is 4.91. The van der Waals surface area contributed by atoms with Gasteiger partial charge in [0.15, 0.2) is 0 Å². The zero-order valence-electron chi connectivity index (χ0n) is 11.3. The third kappa shape index (κ3) is 6.38. The Labute approximate surface area is 104 Å². The predicted molar refractivity (Wildman–Crippen MR) is 67.7 cm³/mol. The first-order valence-electron chi connectivity index (χ1n) is 6.29. The lowest BCUT2D eigenvalue weighted by Crippen LogP contribution is -2.19. The molecule has 1 aromatic heterocycles. The van der Waals surface area contributed by atoms with Crippen molar-refractivity contribution in [1.29, 1.82) is 0 Å². The summed E-state index contributed by atoms with van der Waals surface area (Å²) in [6.07, 6.45) is 2.24. The molecule has 5 nitrogen and oxygen atoms in total. The zero-order valence-corrected chi connectivity index (χ0v) is 11.3. The molecule has 0 unspecified atom stereocenters. The van der Waals surface area contributed by atoms with Crippen LogP contribution in [0.2, 0.25) is 0 Å². The summed E-state index contributed by atoms with van der Waals surface area (Å²) in [5, 5.41) is 11.5. The highest BCUT2D eigenvalue weighted by atomic mass is 16.5. The fourth-order valence-electron chi connectivity index (χ4n) is 1.40. The first kappa shape index (κ1) is 14.1. The van der Waals surface area contributed by atoms with Crippen molar-refractivity contribution in [2.75, 3.05) is 13.2 Å². The van der Waals surface area contributed by atoms with Crippen LogP contribution in [0.3, 0.4) is 0 Å². The van der Waals surface area contributed by atoms with Gasteiger partial charge in [-0.25, -0.2) is 4.68 Å². The van der Waals surface area contributed by atoms with E-state index in [4.69, 9.17) is 4.74 Å². The molecule has 0 amide bonds. The van der Waals surface area contributed by atoms with Crippen molar-refractivity contribution in [3.63, 3.8) is 0 Å². The van der Waals surface area contributed by atoms with Crippen LogP contribution < -0.4 is 5.32 Å². The van der Waals surface area contributed by atoms with Crippen LogP contribution in [0, 0.1) is 5.92 Å². The van der Waals surface area contributed by atoms with E-state index in [1.165, 1.54) is 0 Å². The number of aromatic nitrogens is 3. The molecule has 0 saturated heterocycles. The molecular formula is C12H24N4O. The largest absolute Gasteiger partial charge is 0.377 e. The van der Waals surface area contributed by atoms with E-state index in [-0.39, 0.29) is 6.10 Å². The van der Waals surface area contributed by atoms with Crippen molar-refractivity contribution in [1.82, 2.24) is 20.3 Å².